The Kier molecular flexibility index (Phi) is 3.18. The molecule has 17 heavy (non-hydrogen) atoms. The molecule has 1 aliphatic heterocycles. The minimum absolute atomic E-state index is 1.10. The van der Waals surface area contributed by atoms with Crippen molar-refractivity contribution in [3.63, 3.8) is 0 Å². The summed E-state index contributed by atoms with van der Waals surface area (Å²) in [6, 6.07) is 8.55. The van der Waals surface area contributed by atoms with Crippen molar-refractivity contribution >= 4 is 39.2 Å². The highest BCUT2D eigenvalue weighted by atomic mass is 127. The molecule has 1 saturated heterocycles. The van der Waals surface area contributed by atoms with E-state index >= 15 is 0 Å². The third-order valence-corrected chi connectivity index (χ3v) is 4.53. The first kappa shape index (κ1) is 11.3. The molecule has 1 aromatic heterocycles. The Hall–Kier alpha value is -0.840. The number of fused-ring (bicyclic) bond motifs is 1. The predicted octanol–water partition coefficient (Wildman–Crippen LogP) is 3.83. The average Bonchev–Trinajstić information content (AvgIpc) is 2.40. The molecule has 2 heterocycles. The third kappa shape index (κ3) is 2.12. The first-order valence-corrected chi connectivity index (χ1v) is 7.22. The molecule has 0 bridgehead atoms. The van der Waals surface area contributed by atoms with E-state index in [1.807, 2.05) is 12.3 Å². The van der Waals surface area contributed by atoms with E-state index in [1.54, 1.807) is 0 Å². The van der Waals surface area contributed by atoms with Crippen LogP contribution in [-0.2, 0) is 0 Å². The highest BCUT2D eigenvalue weighted by molar-refractivity contribution is 14.1. The molecular weight excluding hydrogens is 323 g/mol. The second-order valence-corrected chi connectivity index (χ2v) is 5.60. The molecular formula is C14H15IN2. The van der Waals surface area contributed by atoms with Gasteiger partial charge in [-0.1, -0.05) is 6.07 Å². The normalized spacial score (nSPS) is 16.4. The van der Waals surface area contributed by atoms with Gasteiger partial charge in [-0.25, -0.2) is 0 Å². The van der Waals surface area contributed by atoms with Crippen molar-refractivity contribution in [1.82, 2.24) is 4.98 Å². The van der Waals surface area contributed by atoms with E-state index in [0.29, 0.717) is 0 Å². The van der Waals surface area contributed by atoms with Gasteiger partial charge in [0.15, 0.2) is 0 Å². The first-order chi connectivity index (χ1) is 8.36. The maximum Gasteiger partial charge on any atom is 0.0714 e. The van der Waals surface area contributed by atoms with Gasteiger partial charge in [-0.2, -0.15) is 0 Å². The van der Waals surface area contributed by atoms with Crippen molar-refractivity contribution in [2.24, 2.45) is 0 Å². The number of hydrogen-bond donors (Lipinski definition) is 0. The summed E-state index contributed by atoms with van der Waals surface area (Å²) in [5, 5.41) is 1.27. The van der Waals surface area contributed by atoms with Crippen LogP contribution < -0.4 is 4.90 Å². The Morgan fingerprint density at radius 3 is 2.71 bits per heavy atom. The lowest BCUT2D eigenvalue weighted by atomic mass is 10.1. The van der Waals surface area contributed by atoms with Crippen LogP contribution in [-0.4, -0.2) is 18.1 Å². The van der Waals surface area contributed by atoms with E-state index < -0.39 is 0 Å². The zero-order chi connectivity index (χ0) is 11.7. The van der Waals surface area contributed by atoms with E-state index in [4.69, 9.17) is 0 Å². The maximum absolute atomic E-state index is 4.40. The molecule has 3 heteroatoms. The van der Waals surface area contributed by atoms with Crippen LogP contribution in [0.15, 0.2) is 30.5 Å². The molecule has 2 nitrogen and oxygen atoms in total. The number of halogens is 1. The lowest BCUT2D eigenvalue weighted by Crippen LogP contribution is -2.30. The summed E-state index contributed by atoms with van der Waals surface area (Å²) >= 11 is 2.46. The van der Waals surface area contributed by atoms with Gasteiger partial charge in [0, 0.05) is 28.2 Å². The topological polar surface area (TPSA) is 16.1 Å². The van der Waals surface area contributed by atoms with Crippen molar-refractivity contribution in [2.45, 2.75) is 19.3 Å². The van der Waals surface area contributed by atoms with Crippen molar-refractivity contribution in [1.29, 1.82) is 0 Å². The zero-order valence-corrected chi connectivity index (χ0v) is 11.9. The number of anilines is 1. The lowest BCUT2D eigenvalue weighted by molar-refractivity contribution is 0.577. The Labute approximate surface area is 115 Å². The average molecular weight is 338 g/mol. The molecule has 3 rings (SSSR count). The monoisotopic (exact) mass is 338 g/mol. The summed E-state index contributed by atoms with van der Waals surface area (Å²) < 4.78 is 1.34. The molecule has 0 saturated carbocycles. The molecule has 2 aromatic rings. The van der Waals surface area contributed by atoms with Crippen LogP contribution in [0, 0.1) is 3.57 Å². The molecule has 88 valence electrons. The number of piperidine rings is 1. The summed E-state index contributed by atoms with van der Waals surface area (Å²) in [6.07, 6.45) is 5.88. The van der Waals surface area contributed by atoms with Crippen LogP contribution in [0.3, 0.4) is 0 Å². The first-order valence-electron chi connectivity index (χ1n) is 6.14. The van der Waals surface area contributed by atoms with Gasteiger partial charge >= 0.3 is 0 Å². The van der Waals surface area contributed by atoms with E-state index in [9.17, 15) is 0 Å². The summed E-state index contributed by atoms with van der Waals surface area (Å²) in [4.78, 5) is 6.92. The highest BCUT2D eigenvalue weighted by Crippen LogP contribution is 2.30. The Morgan fingerprint density at radius 2 is 1.88 bits per heavy atom. The van der Waals surface area contributed by atoms with Gasteiger partial charge in [0.25, 0.3) is 0 Å². The standard InChI is InChI=1S/C14H15IN2/c15-14-11-5-4-8-16-12(11)6-7-13(14)17-9-2-1-3-10-17/h4-8H,1-3,9-10H2. The summed E-state index contributed by atoms with van der Waals surface area (Å²) in [7, 11) is 0. The Balaban J connectivity index is 2.07. The van der Waals surface area contributed by atoms with Gasteiger partial charge in [-0.05, 0) is 60.1 Å². The lowest BCUT2D eigenvalue weighted by Gasteiger charge is -2.30. The smallest absolute Gasteiger partial charge is 0.0714 e. The Morgan fingerprint density at radius 1 is 1.06 bits per heavy atom. The van der Waals surface area contributed by atoms with Crippen molar-refractivity contribution in [3.05, 3.63) is 34.0 Å². The fourth-order valence-corrected chi connectivity index (χ4v) is 3.46. The molecule has 1 fully saturated rings. The molecule has 1 aliphatic rings. The highest BCUT2D eigenvalue weighted by Gasteiger charge is 2.15. The van der Waals surface area contributed by atoms with E-state index in [-0.39, 0.29) is 0 Å². The minimum Gasteiger partial charge on any atom is -0.371 e. The summed E-state index contributed by atoms with van der Waals surface area (Å²) in [6.45, 7) is 2.39. The molecule has 0 atom stereocenters. The fourth-order valence-electron chi connectivity index (χ4n) is 2.48. The molecule has 1 aromatic carbocycles. The Bertz CT molecular complexity index is 533. The van der Waals surface area contributed by atoms with Crippen LogP contribution in [0.1, 0.15) is 19.3 Å². The van der Waals surface area contributed by atoms with Crippen LogP contribution in [0.2, 0.25) is 0 Å². The van der Waals surface area contributed by atoms with E-state index in [0.717, 1.165) is 5.52 Å². The number of rotatable bonds is 1. The minimum atomic E-state index is 1.10. The number of nitrogens with zero attached hydrogens (tertiary/aromatic N) is 2. The van der Waals surface area contributed by atoms with E-state index in [2.05, 4.69) is 50.7 Å². The van der Waals surface area contributed by atoms with Crippen molar-refractivity contribution < 1.29 is 0 Å². The van der Waals surface area contributed by atoms with Gasteiger partial charge in [0.05, 0.1) is 11.2 Å². The van der Waals surface area contributed by atoms with Gasteiger partial charge in [-0.15, -0.1) is 0 Å². The van der Waals surface area contributed by atoms with Crippen LogP contribution in [0.5, 0.6) is 0 Å². The molecule has 0 spiro atoms. The van der Waals surface area contributed by atoms with Gasteiger partial charge < -0.3 is 4.90 Å². The molecule has 0 N–H and O–H groups in total. The van der Waals surface area contributed by atoms with Crippen LogP contribution in [0.25, 0.3) is 10.9 Å². The number of pyridine rings is 1. The number of aromatic nitrogens is 1. The summed E-state index contributed by atoms with van der Waals surface area (Å²) in [5.74, 6) is 0. The third-order valence-electron chi connectivity index (χ3n) is 3.40. The largest absolute Gasteiger partial charge is 0.371 e. The SMILES string of the molecule is Ic1c(N2CCCCC2)ccc2ncccc12. The van der Waals surface area contributed by atoms with Crippen molar-refractivity contribution in [2.75, 3.05) is 18.0 Å². The van der Waals surface area contributed by atoms with Crippen LogP contribution in [0.4, 0.5) is 5.69 Å². The van der Waals surface area contributed by atoms with E-state index in [1.165, 1.54) is 47.0 Å². The van der Waals surface area contributed by atoms with Gasteiger partial charge in [0.2, 0.25) is 0 Å². The molecule has 0 amide bonds. The zero-order valence-electron chi connectivity index (χ0n) is 9.69. The number of benzene rings is 1. The second-order valence-electron chi connectivity index (χ2n) is 4.52. The second kappa shape index (κ2) is 4.80. The number of hydrogen-bond acceptors (Lipinski definition) is 2. The fraction of sp³-hybridized carbons (Fsp3) is 0.357. The van der Waals surface area contributed by atoms with Crippen LogP contribution >= 0.6 is 22.6 Å². The predicted molar refractivity (Wildman–Crippen MR) is 80.5 cm³/mol. The molecule has 0 aliphatic carbocycles. The quantitative estimate of drug-likeness (QED) is 0.735. The van der Waals surface area contributed by atoms with Gasteiger partial charge in [0.1, 0.15) is 0 Å². The van der Waals surface area contributed by atoms with Crippen molar-refractivity contribution in [3.8, 4) is 0 Å². The summed E-state index contributed by atoms with van der Waals surface area (Å²) in [5.41, 5.74) is 2.48. The maximum atomic E-state index is 4.40. The molecule has 0 radical (unpaired) electrons. The molecule has 0 unspecified atom stereocenters. The van der Waals surface area contributed by atoms with Gasteiger partial charge in [-0.3, -0.25) is 4.98 Å².